The molecule has 2 aliphatic rings. The fraction of sp³-hybridized carbons (Fsp3) is 0.611. The molecule has 0 aromatic heterocycles. The quantitative estimate of drug-likeness (QED) is 0.843. The first-order valence-electron chi connectivity index (χ1n) is 8.25. The first kappa shape index (κ1) is 17.2. The van der Waals surface area contributed by atoms with Crippen LogP contribution in [0.4, 0.5) is 13.2 Å². The van der Waals surface area contributed by atoms with Crippen LogP contribution in [0.5, 0.6) is 0 Å². The van der Waals surface area contributed by atoms with Crippen molar-refractivity contribution in [3.05, 3.63) is 35.4 Å². The lowest BCUT2D eigenvalue weighted by Gasteiger charge is -2.55. The second-order valence-electron chi connectivity index (χ2n) is 6.94. The highest BCUT2D eigenvalue weighted by Gasteiger charge is 2.54. The van der Waals surface area contributed by atoms with Crippen LogP contribution in [-0.2, 0) is 10.3 Å². The number of nitriles is 1. The molecule has 130 valence electrons. The van der Waals surface area contributed by atoms with E-state index in [4.69, 9.17) is 10.00 Å². The lowest BCUT2D eigenvalue weighted by atomic mass is 9.62. The van der Waals surface area contributed by atoms with Gasteiger partial charge in [0.15, 0.2) is 0 Å². The topological polar surface area (TPSA) is 36.3 Å². The second kappa shape index (κ2) is 6.38. The molecule has 1 saturated carbocycles. The molecule has 0 amide bonds. The van der Waals surface area contributed by atoms with Gasteiger partial charge in [-0.1, -0.05) is 18.6 Å². The molecular weight excluding hydrogens is 317 g/mol. The van der Waals surface area contributed by atoms with Crippen molar-refractivity contribution in [3.8, 4) is 6.07 Å². The summed E-state index contributed by atoms with van der Waals surface area (Å²) in [4.78, 5) is 2.18. The van der Waals surface area contributed by atoms with Gasteiger partial charge in [0.2, 0.25) is 0 Å². The third-order valence-electron chi connectivity index (χ3n) is 5.30. The molecule has 24 heavy (non-hydrogen) atoms. The van der Waals surface area contributed by atoms with Crippen molar-refractivity contribution >= 4 is 0 Å². The van der Waals surface area contributed by atoms with Crippen LogP contribution in [0.15, 0.2) is 24.3 Å². The van der Waals surface area contributed by atoms with E-state index in [-0.39, 0.29) is 11.8 Å². The monoisotopic (exact) mass is 338 g/mol. The zero-order valence-corrected chi connectivity index (χ0v) is 13.6. The molecule has 3 rings (SSSR count). The minimum atomic E-state index is -4.36. The Bertz CT molecular complexity index is 624. The van der Waals surface area contributed by atoms with Gasteiger partial charge in [-0.25, -0.2) is 0 Å². The fourth-order valence-electron chi connectivity index (χ4n) is 4.48. The Labute approximate surface area is 140 Å². The molecule has 0 N–H and O–H groups in total. The molecular formula is C18H21F3N2O. The zero-order chi connectivity index (χ0) is 17.4. The summed E-state index contributed by atoms with van der Waals surface area (Å²) in [7, 11) is 2.00. The van der Waals surface area contributed by atoms with E-state index in [2.05, 4.69) is 11.0 Å². The lowest BCUT2D eigenvalue weighted by Crippen LogP contribution is -2.59. The van der Waals surface area contributed by atoms with Crippen molar-refractivity contribution < 1.29 is 17.9 Å². The van der Waals surface area contributed by atoms with E-state index in [0.29, 0.717) is 24.2 Å². The number of hydrogen-bond donors (Lipinski definition) is 0. The highest BCUT2D eigenvalue weighted by atomic mass is 19.4. The smallest absolute Gasteiger partial charge is 0.360 e. The molecule has 0 radical (unpaired) electrons. The van der Waals surface area contributed by atoms with Crippen LogP contribution >= 0.6 is 0 Å². The predicted molar refractivity (Wildman–Crippen MR) is 83.2 cm³/mol. The van der Waals surface area contributed by atoms with Crippen molar-refractivity contribution in [2.75, 3.05) is 26.7 Å². The van der Waals surface area contributed by atoms with Crippen LogP contribution in [-0.4, -0.2) is 37.8 Å². The van der Waals surface area contributed by atoms with Gasteiger partial charge in [0.05, 0.1) is 11.6 Å². The van der Waals surface area contributed by atoms with Crippen LogP contribution in [0.25, 0.3) is 0 Å². The second-order valence-corrected chi connectivity index (χ2v) is 6.94. The van der Waals surface area contributed by atoms with E-state index in [1.165, 1.54) is 0 Å². The van der Waals surface area contributed by atoms with Crippen LogP contribution < -0.4 is 0 Å². The van der Waals surface area contributed by atoms with E-state index in [9.17, 15) is 13.2 Å². The number of hydrogen-bond acceptors (Lipinski definition) is 3. The first-order valence-corrected chi connectivity index (χ1v) is 8.25. The van der Waals surface area contributed by atoms with E-state index in [0.717, 1.165) is 19.3 Å². The molecule has 0 unspecified atom stereocenters. The number of rotatable bonds is 3. The SMILES string of the molecule is CN1C[C@H]2CCC[C@@H](C1)[C@@]2(OCC(F)(F)F)c1cccc(C#N)c1. The summed E-state index contributed by atoms with van der Waals surface area (Å²) in [5.41, 5.74) is 0.223. The van der Waals surface area contributed by atoms with Crippen molar-refractivity contribution in [1.82, 2.24) is 4.90 Å². The van der Waals surface area contributed by atoms with Crippen LogP contribution in [0.1, 0.15) is 30.4 Å². The Hall–Kier alpha value is -1.58. The summed E-state index contributed by atoms with van der Waals surface area (Å²) >= 11 is 0. The highest BCUT2D eigenvalue weighted by molar-refractivity contribution is 5.37. The van der Waals surface area contributed by atoms with Gasteiger partial charge in [0.25, 0.3) is 0 Å². The summed E-state index contributed by atoms with van der Waals surface area (Å²) in [6.45, 7) is 0.177. The van der Waals surface area contributed by atoms with E-state index in [1.54, 1.807) is 18.2 Å². The lowest BCUT2D eigenvalue weighted by molar-refractivity contribution is -0.251. The molecule has 1 heterocycles. The van der Waals surface area contributed by atoms with Crippen molar-refractivity contribution in [1.29, 1.82) is 5.26 Å². The standard InChI is InChI=1S/C18H21F3N2O/c1-23-10-15-6-3-7-16(11-23)18(15,24-12-17(19,20)21)14-5-2-4-13(8-14)9-22/h2,4-5,8,15-16H,3,6-7,10-12H2,1H3/t15-,16+,18-. The van der Waals surface area contributed by atoms with Gasteiger partial charge in [-0.3, -0.25) is 0 Å². The average molecular weight is 338 g/mol. The van der Waals surface area contributed by atoms with Gasteiger partial charge in [-0.2, -0.15) is 18.4 Å². The summed E-state index contributed by atoms with van der Waals surface area (Å²) in [6.07, 6.45) is -1.67. The Morgan fingerprint density at radius 1 is 1.29 bits per heavy atom. The number of benzene rings is 1. The molecule has 3 atom stereocenters. The minimum Gasteiger partial charge on any atom is -0.360 e. The third kappa shape index (κ3) is 3.15. The van der Waals surface area contributed by atoms with E-state index in [1.807, 2.05) is 13.1 Å². The largest absolute Gasteiger partial charge is 0.411 e. The van der Waals surface area contributed by atoms with Gasteiger partial charge in [-0.15, -0.1) is 0 Å². The molecule has 1 aliphatic carbocycles. The number of halogens is 3. The maximum Gasteiger partial charge on any atom is 0.411 e. The van der Waals surface area contributed by atoms with Crippen molar-refractivity contribution in [2.24, 2.45) is 11.8 Å². The molecule has 0 spiro atoms. The zero-order valence-electron chi connectivity index (χ0n) is 13.6. The Morgan fingerprint density at radius 3 is 2.54 bits per heavy atom. The molecule has 2 bridgehead atoms. The summed E-state index contributed by atoms with van der Waals surface area (Å²) in [5.74, 6) is 0.0117. The van der Waals surface area contributed by atoms with Crippen LogP contribution in [0.3, 0.4) is 0 Å². The molecule has 1 aliphatic heterocycles. The van der Waals surface area contributed by atoms with Crippen molar-refractivity contribution in [2.45, 2.75) is 31.0 Å². The number of ether oxygens (including phenoxy) is 1. The normalized spacial score (nSPS) is 30.8. The van der Waals surface area contributed by atoms with Gasteiger partial charge in [-0.05, 0) is 37.6 Å². The molecule has 2 fully saturated rings. The van der Waals surface area contributed by atoms with Gasteiger partial charge in [0, 0.05) is 24.9 Å². The molecule has 1 saturated heterocycles. The van der Waals surface area contributed by atoms with Gasteiger partial charge in [0.1, 0.15) is 12.2 Å². The van der Waals surface area contributed by atoms with Crippen molar-refractivity contribution in [3.63, 3.8) is 0 Å². The third-order valence-corrected chi connectivity index (χ3v) is 5.30. The summed E-state index contributed by atoms with van der Waals surface area (Å²) in [5, 5.41) is 9.17. The summed E-state index contributed by atoms with van der Waals surface area (Å²) < 4.78 is 44.4. The molecule has 6 heteroatoms. The van der Waals surface area contributed by atoms with Crippen LogP contribution in [0.2, 0.25) is 0 Å². The average Bonchev–Trinajstić information content (AvgIpc) is 2.52. The predicted octanol–water partition coefficient (Wildman–Crippen LogP) is 3.69. The first-order chi connectivity index (χ1) is 11.3. The number of nitrogens with zero attached hydrogens (tertiary/aromatic N) is 2. The Kier molecular flexibility index (Phi) is 4.58. The van der Waals surface area contributed by atoms with Gasteiger partial charge < -0.3 is 9.64 Å². The fourth-order valence-corrected chi connectivity index (χ4v) is 4.48. The highest BCUT2D eigenvalue weighted by Crippen LogP contribution is 2.52. The van der Waals surface area contributed by atoms with E-state index >= 15 is 0 Å². The molecule has 1 aromatic carbocycles. The minimum absolute atomic E-state index is 0.00583. The number of piperidine rings is 1. The number of fused-ring (bicyclic) bond motifs is 2. The molecule has 3 nitrogen and oxygen atoms in total. The van der Waals surface area contributed by atoms with E-state index < -0.39 is 18.4 Å². The Balaban J connectivity index is 2.05. The maximum atomic E-state index is 12.9. The molecule has 1 aromatic rings. The number of likely N-dealkylation sites (tertiary alicyclic amines) is 1. The summed E-state index contributed by atoms with van der Waals surface area (Å²) in [6, 6.07) is 9.01. The Morgan fingerprint density at radius 2 is 1.96 bits per heavy atom. The number of alkyl halides is 3. The van der Waals surface area contributed by atoms with Gasteiger partial charge >= 0.3 is 6.18 Å². The maximum absolute atomic E-state index is 12.9. The van der Waals surface area contributed by atoms with Crippen LogP contribution in [0, 0.1) is 23.2 Å².